The van der Waals surface area contributed by atoms with Crippen LogP contribution < -0.4 is 21.1 Å². The van der Waals surface area contributed by atoms with Crippen molar-refractivity contribution in [2.45, 2.75) is 37.1 Å². The molecule has 0 radical (unpaired) electrons. The molecule has 0 unspecified atom stereocenters. The maximum atomic E-state index is 14.4. The van der Waals surface area contributed by atoms with Crippen molar-refractivity contribution in [3.63, 3.8) is 0 Å². The first-order valence-electron chi connectivity index (χ1n) is 8.91. The minimum absolute atomic E-state index is 0.135. The molecule has 2 aromatic rings. The van der Waals surface area contributed by atoms with Crippen LogP contribution in [0.1, 0.15) is 26.2 Å². The molecule has 1 aromatic carbocycles. The van der Waals surface area contributed by atoms with Gasteiger partial charge in [-0.15, -0.1) is 11.3 Å². The Labute approximate surface area is 173 Å². The van der Waals surface area contributed by atoms with Gasteiger partial charge in [0.15, 0.2) is 5.13 Å². The molecule has 11 heteroatoms. The SMILES string of the molecule is C[C@@H](N)CCNCCCCNc1cc(F)c(S(=O)(=O)Nc2nccs2)cc1Cl. The number of aromatic nitrogens is 1. The van der Waals surface area contributed by atoms with Crippen LogP contribution in [-0.2, 0) is 10.0 Å². The molecule has 0 bridgehead atoms. The Morgan fingerprint density at radius 2 is 2.04 bits per heavy atom. The third-order valence-corrected chi connectivity index (χ3v) is 6.32. The lowest BCUT2D eigenvalue weighted by Crippen LogP contribution is -2.24. The van der Waals surface area contributed by atoms with Crippen LogP contribution >= 0.6 is 22.9 Å². The predicted octanol–water partition coefficient (Wildman–Crippen LogP) is 3.26. The summed E-state index contributed by atoms with van der Waals surface area (Å²) in [6.07, 6.45) is 4.18. The summed E-state index contributed by atoms with van der Waals surface area (Å²) in [5, 5.41) is 8.26. The van der Waals surface area contributed by atoms with Gasteiger partial charge in [-0.25, -0.2) is 17.8 Å². The Kier molecular flexibility index (Phi) is 8.90. The Morgan fingerprint density at radius 1 is 1.29 bits per heavy atom. The van der Waals surface area contributed by atoms with Crippen LogP contribution in [0, 0.1) is 5.82 Å². The van der Waals surface area contributed by atoms with Gasteiger partial charge in [0.1, 0.15) is 10.7 Å². The highest BCUT2D eigenvalue weighted by Crippen LogP contribution is 2.29. The molecule has 0 fully saturated rings. The zero-order chi connectivity index (χ0) is 20.6. The van der Waals surface area contributed by atoms with Crippen LogP contribution in [0.3, 0.4) is 0 Å². The summed E-state index contributed by atoms with van der Waals surface area (Å²) < 4.78 is 41.3. The Bertz CT molecular complexity index is 847. The van der Waals surface area contributed by atoms with Gasteiger partial charge in [-0.1, -0.05) is 11.6 Å². The van der Waals surface area contributed by atoms with Gasteiger partial charge >= 0.3 is 0 Å². The van der Waals surface area contributed by atoms with Crippen molar-refractivity contribution < 1.29 is 12.8 Å². The number of nitrogens with zero attached hydrogens (tertiary/aromatic N) is 1. The molecule has 1 aromatic heterocycles. The van der Waals surface area contributed by atoms with Gasteiger partial charge in [-0.2, -0.15) is 0 Å². The van der Waals surface area contributed by atoms with Gasteiger partial charge < -0.3 is 16.4 Å². The van der Waals surface area contributed by atoms with Gasteiger partial charge in [0.2, 0.25) is 0 Å². The lowest BCUT2D eigenvalue weighted by atomic mass is 10.2. The third kappa shape index (κ3) is 7.17. The molecule has 5 N–H and O–H groups in total. The van der Waals surface area contributed by atoms with E-state index in [1.165, 1.54) is 6.20 Å². The summed E-state index contributed by atoms with van der Waals surface area (Å²) in [4.78, 5) is 3.31. The van der Waals surface area contributed by atoms with Crippen molar-refractivity contribution in [1.82, 2.24) is 10.3 Å². The summed E-state index contributed by atoms with van der Waals surface area (Å²) in [5.74, 6) is -0.881. The molecule has 28 heavy (non-hydrogen) atoms. The minimum atomic E-state index is -4.10. The van der Waals surface area contributed by atoms with E-state index in [1.54, 1.807) is 5.38 Å². The zero-order valence-electron chi connectivity index (χ0n) is 15.5. The number of nitrogens with one attached hydrogen (secondary N) is 3. The van der Waals surface area contributed by atoms with Gasteiger partial charge in [0.25, 0.3) is 10.0 Å². The molecule has 0 aliphatic rings. The first-order chi connectivity index (χ1) is 13.3. The van der Waals surface area contributed by atoms with E-state index in [4.69, 9.17) is 17.3 Å². The van der Waals surface area contributed by atoms with Crippen LogP contribution in [-0.4, -0.2) is 39.1 Å². The molecule has 0 aliphatic carbocycles. The standard InChI is InChI=1S/C17H25ClFN5O2S2/c1-12(20)4-7-21-5-2-3-6-22-15-11-14(19)16(10-13(15)18)28(25,26)24-17-23-8-9-27-17/h8-12,21-22H,2-7,20H2,1H3,(H,23,24)/t12-/m1/s1. The van der Waals surface area contributed by atoms with Crippen LogP contribution in [0.4, 0.5) is 15.2 Å². The number of benzene rings is 1. The fraction of sp³-hybridized carbons (Fsp3) is 0.471. The van der Waals surface area contributed by atoms with Crippen molar-refractivity contribution in [3.8, 4) is 0 Å². The minimum Gasteiger partial charge on any atom is -0.384 e. The average molecular weight is 450 g/mol. The second-order valence-electron chi connectivity index (χ2n) is 6.36. The molecule has 156 valence electrons. The third-order valence-electron chi connectivity index (χ3n) is 3.84. The summed E-state index contributed by atoms with van der Waals surface area (Å²) in [6.45, 7) is 4.32. The maximum Gasteiger partial charge on any atom is 0.266 e. The van der Waals surface area contributed by atoms with E-state index in [0.29, 0.717) is 12.2 Å². The molecule has 0 spiro atoms. The topological polar surface area (TPSA) is 109 Å². The first kappa shape index (κ1) is 22.8. The number of sulfonamides is 1. The molecule has 0 aliphatic heterocycles. The summed E-state index contributed by atoms with van der Waals surface area (Å²) in [6, 6.07) is 2.39. The monoisotopic (exact) mass is 449 g/mol. The smallest absolute Gasteiger partial charge is 0.266 e. The average Bonchev–Trinajstić information content (AvgIpc) is 3.11. The Hall–Kier alpha value is -1.46. The van der Waals surface area contributed by atoms with Crippen molar-refractivity contribution in [1.29, 1.82) is 0 Å². The van der Waals surface area contributed by atoms with Crippen LogP contribution in [0.15, 0.2) is 28.6 Å². The van der Waals surface area contributed by atoms with Gasteiger partial charge in [0.05, 0.1) is 10.7 Å². The fourth-order valence-electron chi connectivity index (χ4n) is 2.37. The van der Waals surface area contributed by atoms with Crippen molar-refractivity contribution >= 4 is 43.8 Å². The van der Waals surface area contributed by atoms with Crippen LogP contribution in [0.2, 0.25) is 5.02 Å². The molecular weight excluding hydrogens is 425 g/mol. The molecule has 7 nitrogen and oxygen atoms in total. The summed E-state index contributed by atoms with van der Waals surface area (Å²) >= 11 is 7.24. The van der Waals surface area contributed by atoms with Crippen molar-refractivity contribution in [2.75, 3.05) is 29.7 Å². The molecule has 1 heterocycles. The number of nitrogens with two attached hydrogens (primary N) is 1. The fourth-order valence-corrected chi connectivity index (χ4v) is 4.54. The molecule has 0 saturated carbocycles. The zero-order valence-corrected chi connectivity index (χ0v) is 17.9. The van der Waals surface area contributed by atoms with Crippen molar-refractivity contribution in [2.24, 2.45) is 5.73 Å². The highest BCUT2D eigenvalue weighted by Gasteiger charge is 2.22. The van der Waals surface area contributed by atoms with Crippen LogP contribution in [0.5, 0.6) is 0 Å². The Balaban J connectivity index is 1.86. The summed E-state index contributed by atoms with van der Waals surface area (Å²) in [7, 11) is -4.10. The lowest BCUT2D eigenvalue weighted by Gasteiger charge is -2.12. The maximum absolute atomic E-state index is 14.4. The Morgan fingerprint density at radius 3 is 2.71 bits per heavy atom. The van der Waals surface area contributed by atoms with Gasteiger partial charge in [-0.05, 0) is 51.4 Å². The predicted molar refractivity (Wildman–Crippen MR) is 113 cm³/mol. The molecule has 1 atom stereocenters. The van der Waals surface area contributed by atoms with E-state index in [0.717, 1.165) is 55.8 Å². The first-order valence-corrected chi connectivity index (χ1v) is 11.6. The van der Waals surface area contributed by atoms with E-state index in [-0.39, 0.29) is 16.2 Å². The second-order valence-corrected chi connectivity index (χ2v) is 9.31. The molecular formula is C17H25ClFN5O2S2. The number of halogens is 2. The molecule has 0 amide bonds. The van der Waals surface area contributed by atoms with E-state index >= 15 is 0 Å². The number of unbranched alkanes of at least 4 members (excludes halogenated alkanes) is 1. The van der Waals surface area contributed by atoms with Crippen molar-refractivity contribution in [3.05, 3.63) is 34.5 Å². The largest absolute Gasteiger partial charge is 0.384 e. The number of hydrogen-bond donors (Lipinski definition) is 4. The van der Waals surface area contributed by atoms with E-state index in [2.05, 4.69) is 20.3 Å². The number of rotatable bonds is 12. The normalized spacial score (nSPS) is 12.7. The highest BCUT2D eigenvalue weighted by molar-refractivity contribution is 7.93. The van der Waals surface area contributed by atoms with E-state index in [1.807, 2.05) is 6.92 Å². The quantitative estimate of drug-likeness (QED) is 0.370. The van der Waals surface area contributed by atoms with Crippen LogP contribution in [0.25, 0.3) is 0 Å². The van der Waals surface area contributed by atoms with E-state index < -0.39 is 20.7 Å². The summed E-state index contributed by atoms with van der Waals surface area (Å²) in [5.41, 5.74) is 6.04. The second kappa shape index (κ2) is 10.9. The van der Waals surface area contributed by atoms with E-state index in [9.17, 15) is 12.8 Å². The number of anilines is 2. The highest BCUT2D eigenvalue weighted by atomic mass is 35.5. The lowest BCUT2D eigenvalue weighted by molar-refractivity contribution is 0.568. The molecule has 2 rings (SSSR count). The number of thiazole rings is 1. The van der Waals surface area contributed by atoms with Gasteiger partial charge in [-0.3, -0.25) is 4.72 Å². The number of hydrogen-bond acceptors (Lipinski definition) is 7. The van der Waals surface area contributed by atoms with Gasteiger partial charge in [0, 0.05) is 24.2 Å². The molecule has 0 saturated heterocycles.